The maximum absolute atomic E-state index is 14.0. The van der Waals surface area contributed by atoms with Crippen LogP contribution in [0.2, 0.25) is 0 Å². The third kappa shape index (κ3) is 10.0. The molecule has 39 heavy (non-hydrogen) atoms. The number of aliphatic hydroxyl groups excluding tert-OH is 1. The fraction of sp³-hybridized carbons (Fsp3) is 0.516. The van der Waals surface area contributed by atoms with E-state index in [4.69, 9.17) is 4.74 Å². The third-order valence-corrected chi connectivity index (χ3v) is 6.23. The average molecular weight is 540 g/mol. The summed E-state index contributed by atoms with van der Waals surface area (Å²) in [6.07, 6.45) is 2.74. The Bertz CT molecular complexity index is 1110. The zero-order valence-electron chi connectivity index (χ0n) is 24.5. The lowest BCUT2D eigenvalue weighted by molar-refractivity contribution is -0.141. The molecule has 0 aromatic heterocycles. The van der Waals surface area contributed by atoms with Crippen molar-refractivity contribution in [3.63, 3.8) is 0 Å². The Labute approximate surface area is 233 Å². The molecule has 214 valence electrons. The van der Waals surface area contributed by atoms with Gasteiger partial charge in [0.25, 0.3) is 5.91 Å². The third-order valence-electron chi connectivity index (χ3n) is 6.23. The number of hydrogen-bond donors (Lipinski definition) is 3. The highest BCUT2D eigenvalue weighted by molar-refractivity contribution is 5.99. The number of hydrogen-bond acceptors (Lipinski definition) is 5. The second-order valence-electron chi connectivity index (χ2n) is 11.1. The summed E-state index contributed by atoms with van der Waals surface area (Å²) in [7, 11) is 0. The number of carbonyl (C=O) groups is 3. The summed E-state index contributed by atoms with van der Waals surface area (Å²) in [5.74, 6) is -0.920. The highest BCUT2D eigenvalue weighted by Crippen LogP contribution is 2.28. The van der Waals surface area contributed by atoms with Gasteiger partial charge >= 0.3 is 6.09 Å². The van der Waals surface area contributed by atoms with Gasteiger partial charge in [-0.15, -0.1) is 0 Å². The average Bonchev–Trinajstić information content (AvgIpc) is 2.83. The van der Waals surface area contributed by atoms with Crippen molar-refractivity contribution in [3.8, 4) is 0 Å². The number of unbranched alkanes of at least 4 members (excludes halogenated alkanes) is 3. The predicted octanol–water partition coefficient (Wildman–Crippen LogP) is 5.59. The van der Waals surface area contributed by atoms with E-state index in [0.717, 1.165) is 36.0 Å². The lowest BCUT2D eigenvalue weighted by atomic mass is 9.98. The number of aryl methyl sites for hydroxylation is 3. The Morgan fingerprint density at radius 3 is 2.18 bits per heavy atom. The molecule has 8 nitrogen and oxygen atoms in total. The highest BCUT2D eigenvalue weighted by Gasteiger charge is 2.36. The second kappa shape index (κ2) is 14.7. The molecule has 0 saturated carbocycles. The molecule has 0 saturated heterocycles. The molecule has 2 unspecified atom stereocenters. The number of nitrogens with one attached hydrogen (secondary N) is 2. The van der Waals surface area contributed by atoms with Crippen molar-refractivity contribution >= 4 is 23.6 Å². The van der Waals surface area contributed by atoms with E-state index in [-0.39, 0.29) is 12.5 Å². The van der Waals surface area contributed by atoms with Gasteiger partial charge in [-0.05, 0) is 65.2 Å². The normalized spacial score (nSPS) is 12.8. The molecule has 0 aliphatic heterocycles. The Balaban J connectivity index is 2.53. The minimum atomic E-state index is -1.27. The maximum atomic E-state index is 14.0. The van der Waals surface area contributed by atoms with Gasteiger partial charge in [-0.25, -0.2) is 4.79 Å². The van der Waals surface area contributed by atoms with Crippen LogP contribution >= 0.6 is 0 Å². The van der Waals surface area contributed by atoms with Gasteiger partial charge in [-0.3, -0.25) is 9.59 Å². The summed E-state index contributed by atoms with van der Waals surface area (Å²) in [4.78, 5) is 41.9. The van der Waals surface area contributed by atoms with Crippen LogP contribution in [-0.2, 0) is 14.3 Å². The van der Waals surface area contributed by atoms with Crippen molar-refractivity contribution in [2.75, 3.05) is 18.5 Å². The number of alkyl carbamates (subject to hydrolysis) is 1. The van der Waals surface area contributed by atoms with Gasteiger partial charge in [0.2, 0.25) is 5.91 Å². The lowest BCUT2D eigenvalue weighted by Gasteiger charge is -2.34. The molecule has 2 atom stereocenters. The highest BCUT2D eigenvalue weighted by atomic mass is 16.6. The first-order chi connectivity index (χ1) is 18.4. The molecule has 0 fully saturated rings. The molecule has 0 spiro atoms. The van der Waals surface area contributed by atoms with E-state index in [2.05, 4.69) is 17.6 Å². The summed E-state index contributed by atoms with van der Waals surface area (Å²) >= 11 is 0. The van der Waals surface area contributed by atoms with Gasteiger partial charge in [0.1, 0.15) is 17.7 Å². The molecular formula is C31H45N3O5. The molecule has 0 heterocycles. The van der Waals surface area contributed by atoms with Crippen molar-refractivity contribution in [2.24, 2.45) is 0 Å². The first kappa shape index (κ1) is 31.8. The van der Waals surface area contributed by atoms with E-state index in [1.54, 1.807) is 20.8 Å². The number of amides is 3. The molecule has 3 amide bonds. The van der Waals surface area contributed by atoms with Crippen LogP contribution in [0.5, 0.6) is 0 Å². The molecule has 0 aliphatic carbocycles. The number of benzene rings is 2. The minimum Gasteiger partial charge on any atom is -0.444 e. The van der Waals surface area contributed by atoms with Crippen LogP contribution in [0, 0.1) is 20.8 Å². The molecule has 2 rings (SSSR count). The van der Waals surface area contributed by atoms with E-state index in [0.29, 0.717) is 17.7 Å². The van der Waals surface area contributed by atoms with Crippen LogP contribution < -0.4 is 10.6 Å². The Kier molecular flexibility index (Phi) is 12.0. The van der Waals surface area contributed by atoms with Gasteiger partial charge in [0.15, 0.2) is 0 Å². The van der Waals surface area contributed by atoms with E-state index >= 15 is 0 Å². The van der Waals surface area contributed by atoms with E-state index in [1.165, 1.54) is 4.90 Å². The smallest absolute Gasteiger partial charge is 0.408 e. The van der Waals surface area contributed by atoms with Crippen molar-refractivity contribution < 1.29 is 24.2 Å². The number of aliphatic hydroxyl groups is 1. The first-order valence-electron chi connectivity index (χ1n) is 13.7. The number of anilines is 1. The van der Waals surface area contributed by atoms with Gasteiger partial charge in [-0.2, -0.15) is 0 Å². The topological polar surface area (TPSA) is 108 Å². The van der Waals surface area contributed by atoms with E-state index in [9.17, 15) is 19.5 Å². The zero-order chi connectivity index (χ0) is 29.2. The zero-order valence-corrected chi connectivity index (χ0v) is 24.5. The number of nitrogens with zero attached hydrogens (tertiary/aromatic N) is 1. The van der Waals surface area contributed by atoms with Crippen LogP contribution in [0.4, 0.5) is 10.5 Å². The monoisotopic (exact) mass is 539 g/mol. The molecule has 2 aromatic rings. The summed E-state index contributed by atoms with van der Waals surface area (Å²) in [5.41, 5.74) is 3.36. The second-order valence-corrected chi connectivity index (χ2v) is 11.1. The van der Waals surface area contributed by atoms with E-state index in [1.807, 2.05) is 63.2 Å². The molecule has 0 aliphatic rings. The minimum absolute atomic E-state index is 0.282. The SMILES string of the molecule is CCCCCCN(C(=O)C(CO)NC(=O)OC(C)(C)C)C(C(=O)Nc1ccccc1C)c1cc(C)cc(C)c1. The molecule has 2 aromatic carbocycles. The largest absolute Gasteiger partial charge is 0.444 e. The van der Waals surface area contributed by atoms with Gasteiger partial charge in [-0.1, -0.05) is 73.7 Å². The van der Waals surface area contributed by atoms with Crippen molar-refractivity contribution in [3.05, 3.63) is 64.7 Å². The van der Waals surface area contributed by atoms with Gasteiger partial charge in [0.05, 0.1) is 6.61 Å². The first-order valence-corrected chi connectivity index (χ1v) is 13.7. The predicted molar refractivity (Wildman–Crippen MR) is 155 cm³/mol. The number of rotatable bonds is 12. The van der Waals surface area contributed by atoms with Crippen molar-refractivity contribution in [1.82, 2.24) is 10.2 Å². The Morgan fingerprint density at radius 1 is 0.974 bits per heavy atom. The van der Waals surface area contributed by atoms with Crippen LogP contribution in [0.1, 0.15) is 81.7 Å². The molecule has 0 radical (unpaired) electrons. The summed E-state index contributed by atoms with van der Waals surface area (Å²) in [6.45, 7) is 12.7. The van der Waals surface area contributed by atoms with Gasteiger partial charge in [0, 0.05) is 12.2 Å². The quantitative estimate of drug-likeness (QED) is 0.305. The molecule has 0 bridgehead atoms. The van der Waals surface area contributed by atoms with Crippen LogP contribution in [-0.4, -0.2) is 52.7 Å². The standard InChI is InChI=1S/C31H45N3O5/c1-8-9-10-13-16-34(29(37)26(20-35)33-30(38)39-31(5,6)7)27(24-18-21(2)17-22(3)19-24)28(36)32-25-15-12-11-14-23(25)4/h11-12,14-15,17-19,26-27,35H,8-10,13,16,20H2,1-7H3,(H,32,36)(H,33,38). The lowest BCUT2D eigenvalue weighted by Crippen LogP contribution is -2.54. The number of carbonyl (C=O) groups excluding carboxylic acids is 3. The molecule has 3 N–H and O–H groups in total. The summed E-state index contributed by atoms with van der Waals surface area (Å²) in [5, 5.41) is 15.6. The van der Waals surface area contributed by atoms with Gasteiger partial charge < -0.3 is 25.4 Å². The summed E-state index contributed by atoms with van der Waals surface area (Å²) < 4.78 is 5.32. The number of para-hydroxylation sites is 1. The van der Waals surface area contributed by atoms with Crippen molar-refractivity contribution in [1.29, 1.82) is 0 Å². The Morgan fingerprint density at radius 2 is 1.62 bits per heavy atom. The fourth-order valence-electron chi connectivity index (χ4n) is 4.47. The number of ether oxygens (including phenoxy) is 1. The van der Waals surface area contributed by atoms with E-state index < -0.39 is 36.3 Å². The molecular weight excluding hydrogens is 494 g/mol. The fourth-order valence-corrected chi connectivity index (χ4v) is 4.47. The molecule has 8 heteroatoms. The van der Waals surface area contributed by atoms with Crippen molar-refractivity contribution in [2.45, 2.75) is 91.8 Å². The summed E-state index contributed by atoms with van der Waals surface area (Å²) in [6, 6.07) is 11.0. The Hall–Kier alpha value is -3.39. The van der Waals surface area contributed by atoms with Crippen LogP contribution in [0.15, 0.2) is 42.5 Å². The van der Waals surface area contributed by atoms with Crippen LogP contribution in [0.3, 0.4) is 0 Å². The van der Waals surface area contributed by atoms with Crippen LogP contribution in [0.25, 0.3) is 0 Å². The maximum Gasteiger partial charge on any atom is 0.408 e.